The van der Waals surface area contributed by atoms with Crippen LogP contribution in [0.25, 0.3) is 0 Å². The minimum Gasteiger partial charge on any atom is -0.376 e. The average Bonchev–Trinajstić information content (AvgIpc) is 2.90. The van der Waals surface area contributed by atoms with Gasteiger partial charge in [0.1, 0.15) is 5.76 Å². The molecule has 3 heterocycles. The standard InChI is InChI=1S/C17H29N3O2/c1-12(2)19(4)16-11-20(10-15-8-13(3)22-18-15)9-14-6-5-7-21-17(14)16/h8,12,14,16-17H,5-7,9-11H2,1-4H3/t14-,16+,17-/m0/s1. The molecule has 2 saturated heterocycles. The van der Waals surface area contributed by atoms with Crippen molar-refractivity contribution >= 4 is 0 Å². The van der Waals surface area contributed by atoms with Gasteiger partial charge in [0.15, 0.2) is 0 Å². The van der Waals surface area contributed by atoms with Gasteiger partial charge in [0.25, 0.3) is 0 Å². The summed E-state index contributed by atoms with van der Waals surface area (Å²) < 4.78 is 11.4. The smallest absolute Gasteiger partial charge is 0.133 e. The SMILES string of the molecule is Cc1cc(CN2C[C@@H]3CCCO[C@@H]3[C@H](N(C)C(C)C)C2)no1. The molecule has 3 atom stereocenters. The summed E-state index contributed by atoms with van der Waals surface area (Å²) in [4.78, 5) is 5.00. The molecule has 1 aromatic rings. The Morgan fingerprint density at radius 2 is 2.23 bits per heavy atom. The third-order valence-corrected chi connectivity index (χ3v) is 5.21. The van der Waals surface area contributed by atoms with Crippen molar-refractivity contribution in [3.05, 3.63) is 17.5 Å². The molecule has 0 bridgehead atoms. The largest absolute Gasteiger partial charge is 0.376 e. The van der Waals surface area contributed by atoms with E-state index in [0.717, 1.165) is 37.7 Å². The molecule has 124 valence electrons. The number of hydrogen-bond acceptors (Lipinski definition) is 5. The van der Waals surface area contributed by atoms with Crippen LogP contribution < -0.4 is 0 Å². The number of rotatable bonds is 4. The maximum absolute atomic E-state index is 6.17. The van der Waals surface area contributed by atoms with E-state index in [4.69, 9.17) is 9.26 Å². The highest BCUT2D eigenvalue weighted by atomic mass is 16.5. The zero-order chi connectivity index (χ0) is 15.7. The van der Waals surface area contributed by atoms with E-state index in [1.165, 1.54) is 12.8 Å². The van der Waals surface area contributed by atoms with E-state index in [-0.39, 0.29) is 0 Å². The van der Waals surface area contributed by atoms with Crippen LogP contribution in [-0.2, 0) is 11.3 Å². The summed E-state index contributed by atoms with van der Waals surface area (Å²) in [5.41, 5.74) is 1.04. The second-order valence-corrected chi connectivity index (χ2v) is 7.19. The molecule has 1 aromatic heterocycles. The van der Waals surface area contributed by atoms with Crippen LogP contribution in [0, 0.1) is 12.8 Å². The number of ether oxygens (including phenoxy) is 1. The van der Waals surface area contributed by atoms with Crippen LogP contribution in [0.3, 0.4) is 0 Å². The van der Waals surface area contributed by atoms with Gasteiger partial charge in [-0.1, -0.05) is 5.16 Å². The molecule has 3 rings (SSSR count). The van der Waals surface area contributed by atoms with E-state index in [1.807, 2.05) is 13.0 Å². The maximum atomic E-state index is 6.17. The van der Waals surface area contributed by atoms with Gasteiger partial charge in [-0.05, 0) is 46.6 Å². The zero-order valence-corrected chi connectivity index (χ0v) is 14.3. The highest BCUT2D eigenvalue weighted by molar-refractivity contribution is 5.05. The van der Waals surface area contributed by atoms with Gasteiger partial charge in [0.05, 0.1) is 11.8 Å². The Hall–Kier alpha value is -0.910. The molecule has 2 aliphatic rings. The van der Waals surface area contributed by atoms with Crippen LogP contribution in [0.4, 0.5) is 0 Å². The number of hydrogen-bond donors (Lipinski definition) is 0. The van der Waals surface area contributed by atoms with Gasteiger partial charge in [-0.2, -0.15) is 0 Å². The number of aryl methyl sites for hydroxylation is 1. The topological polar surface area (TPSA) is 41.7 Å². The molecule has 0 aromatic carbocycles. The van der Waals surface area contributed by atoms with Crippen molar-refractivity contribution in [2.24, 2.45) is 5.92 Å². The molecule has 0 N–H and O–H groups in total. The predicted molar refractivity (Wildman–Crippen MR) is 85.7 cm³/mol. The van der Waals surface area contributed by atoms with Crippen molar-refractivity contribution in [3.63, 3.8) is 0 Å². The molecule has 0 aliphatic carbocycles. The summed E-state index contributed by atoms with van der Waals surface area (Å²) in [6.45, 7) is 10.4. The lowest BCUT2D eigenvalue weighted by Crippen LogP contribution is -2.61. The lowest BCUT2D eigenvalue weighted by Gasteiger charge is -2.49. The predicted octanol–water partition coefficient (Wildman–Crippen LogP) is 2.30. The number of piperidine rings is 1. The normalized spacial score (nSPS) is 30.0. The number of likely N-dealkylation sites (N-methyl/N-ethyl adjacent to an activating group) is 1. The fourth-order valence-electron chi connectivity index (χ4n) is 3.85. The minimum absolute atomic E-state index is 0.386. The molecular formula is C17H29N3O2. The fourth-order valence-corrected chi connectivity index (χ4v) is 3.85. The van der Waals surface area contributed by atoms with Gasteiger partial charge in [-0.25, -0.2) is 0 Å². The summed E-state index contributed by atoms with van der Waals surface area (Å²) in [6, 6.07) is 3.04. The molecule has 22 heavy (non-hydrogen) atoms. The Kier molecular flexibility index (Phi) is 4.85. The zero-order valence-electron chi connectivity index (χ0n) is 14.3. The maximum Gasteiger partial charge on any atom is 0.133 e. The van der Waals surface area contributed by atoms with E-state index < -0.39 is 0 Å². The van der Waals surface area contributed by atoms with Gasteiger partial charge in [0, 0.05) is 44.4 Å². The third-order valence-electron chi connectivity index (χ3n) is 5.21. The van der Waals surface area contributed by atoms with Crippen LogP contribution >= 0.6 is 0 Å². The highest BCUT2D eigenvalue weighted by Crippen LogP contribution is 2.32. The first kappa shape index (κ1) is 16.0. The van der Waals surface area contributed by atoms with E-state index >= 15 is 0 Å². The Labute approximate surface area is 133 Å². The van der Waals surface area contributed by atoms with Crippen LogP contribution in [0.2, 0.25) is 0 Å². The molecule has 2 fully saturated rings. The molecular weight excluding hydrogens is 278 g/mol. The number of fused-ring (bicyclic) bond motifs is 1. The quantitative estimate of drug-likeness (QED) is 0.854. The summed E-state index contributed by atoms with van der Waals surface area (Å²) in [6.07, 6.45) is 2.86. The highest BCUT2D eigenvalue weighted by Gasteiger charge is 2.41. The first-order chi connectivity index (χ1) is 10.5. The van der Waals surface area contributed by atoms with Crippen molar-refractivity contribution in [2.45, 2.75) is 58.3 Å². The molecule has 0 unspecified atom stereocenters. The Morgan fingerprint density at radius 1 is 1.41 bits per heavy atom. The number of nitrogens with zero attached hydrogens (tertiary/aromatic N) is 3. The monoisotopic (exact) mass is 307 g/mol. The Morgan fingerprint density at radius 3 is 2.91 bits per heavy atom. The second kappa shape index (κ2) is 6.69. The second-order valence-electron chi connectivity index (χ2n) is 7.19. The van der Waals surface area contributed by atoms with Crippen LogP contribution in [0.5, 0.6) is 0 Å². The van der Waals surface area contributed by atoms with Gasteiger partial charge in [0.2, 0.25) is 0 Å². The summed E-state index contributed by atoms with van der Waals surface area (Å²) in [7, 11) is 2.23. The summed E-state index contributed by atoms with van der Waals surface area (Å²) in [5.74, 6) is 1.53. The lowest BCUT2D eigenvalue weighted by atomic mass is 9.84. The average molecular weight is 307 g/mol. The van der Waals surface area contributed by atoms with Crippen LogP contribution in [0.1, 0.15) is 38.1 Å². The Balaban J connectivity index is 1.73. The molecule has 0 amide bonds. The Bertz CT molecular complexity index is 488. The molecule has 5 nitrogen and oxygen atoms in total. The third kappa shape index (κ3) is 3.36. The van der Waals surface area contributed by atoms with Crippen molar-refractivity contribution < 1.29 is 9.26 Å². The van der Waals surface area contributed by atoms with Crippen molar-refractivity contribution in [2.75, 3.05) is 26.7 Å². The van der Waals surface area contributed by atoms with Crippen LogP contribution in [-0.4, -0.2) is 59.9 Å². The van der Waals surface area contributed by atoms with E-state index in [1.54, 1.807) is 0 Å². The van der Waals surface area contributed by atoms with Crippen molar-refractivity contribution in [1.29, 1.82) is 0 Å². The molecule has 0 saturated carbocycles. The van der Waals surface area contributed by atoms with Gasteiger partial charge < -0.3 is 9.26 Å². The lowest BCUT2D eigenvalue weighted by molar-refractivity contribution is -0.116. The molecule has 5 heteroatoms. The number of aromatic nitrogens is 1. The van der Waals surface area contributed by atoms with Gasteiger partial charge >= 0.3 is 0 Å². The summed E-state index contributed by atoms with van der Waals surface area (Å²) >= 11 is 0. The molecule has 2 aliphatic heterocycles. The fraction of sp³-hybridized carbons (Fsp3) is 0.824. The molecule has 0 radical (unpaired) electrons. The van der Waals surface area contributed by atoms with Crippen LogP contribution in [0.15, 0.2) is 10.6 Å². The minimum atomic E-state index is 0.386. The van der Waals surface area contributed by atoms with Crippen molar-refractivity contribution in [3.8, 4) is 0 Å². The van der Waals surface area contributed by atoms with E-state index in [9.17, 15) is 0 Å². The van der Waals surface area contributed by atoms with E-state index in [0.29, 0.717) is 24.1 Å². The number of likely N-dealkylation sites (tertiary alicyclic amines) is 1. The first-order valence-electron chi connectivity index (χ1n) is 8.52. The van der Waals surface area contributed by atoms with Gasteiger partial charge in [-0.3, -0.25) is 9.80 Å². The van der Waals surface area contributed by atoms with Gasteiger partial charge in [-0.15, -0.1) is 0 Å². The first-order valence-corrected chi connectivity index (χ1v) is 8.52. The van der Waals surface area contributed by atoms with Crippen molar-refractivity contribution in [1.82, 2.24) is 15.0 Å². The summed E-state index contributed by atoms with van der Waals surface area (Å²) in [5, 5.41) is 4.16. The molecule has 0 spiro atoms. The van der Waals surface area contributed by atoms with E-state index in [2.05, 4.69) is 35.9 Å².